The third-order valence-electron chi connectivity index (χ3n) is 7.42. The van der Waals surface area contributed by atoms with Gasteiger partial charge in [-0.25, -0.2) is 0 Å². The van der Waals surface area contributed by atoms with Crippen LogP contribution in [0.1, 0.15) is 57.5 Å². The fourth-order valence-electron chi connectivity index (χ4n) is 5.29. The lowest BCUT2D eigenvalue weighted by molar-refractivity contribution is -0.137. The van der Waals surface area contributed by atoms with Crippen LogP contribution in [0.2, 0.25) is 0 Å². The second-order valence-corrected chi connectivity index (χ2v) is 10.1. The van der Waals surface area contributed by atoms with Gasteiger partial charge in [0.05, 0.1) is 0 Å². The highest BCUT2D eigenvalue weighted by Gasteiger charge is 2.39. The molecular weight excluding hydrogens is 522 g/mol. The van der Waals surface area contributed by atoms with Crippen LogP contribution in [0.25, 0.3) is 0 Å². The first-order valence-corrected chi connectivity index (χ1v) is 13.5. The fourth-order valence-corrected chi connectivity index (χ4v) is 5.29. The molecule has 41 heavy (non-hydrogen) atoms. The summed E-state index contributed by atoms with van der Waals surface area (Å²) in [5.74, 6) is -1.77. The zero-order valence-corrected chi connectivity index (χ0v) is 22.6. The number of imide groups is 1. The molecule has 1 unspecified atom stereocenters. The van der Waals surface area contributed by atoms with E-state index in [0.29, 0.717) is 17.5 Å². The number of benzene rings is 3. The molecule has 0 radical (unpaired) electrons. The Balaban J connectivity index is 1.27. The van der Waals surface area contributed by atoms with E-state index in [1.54, 1.807) is 43.4 Å². The van der Waals surface area contributed by atoms with E-state index in [1.165, 1.54) is 4.90 Å². The summed E-state index contributed by atoms with van der Waals surface area (Å²) in [7, 11) is 1.69. The molecule has 3 aromatic rings. The van der Waals surface area contributed by atoms with Crippen molar-refractivity contribution < 1.29 is 24.0 Å². The summed E-state index contributed by atoms with van der Waals surface area (Å²) in [6, 6.07) is 21.3. The maximum atomic E-state index is 13.4. The Morgan fingerprint density at radius 3 is 2.20 bits per heavy atom. The Hall–Kier alpha value is -4.83. The van der Waals surface area contributed by atoms with Gasteiger partial charge < -0.3 is 20.9 Å². The van der Waals surface area contributed by atoms with Crippen LogP contribution in [-0.2, 0) is 32.3 Å². The van der Waals surface area contributed by atoms with Crippen LogP contribution in [-0.4, -0.2) is 47.5 Å². The van der Waals surface area contributed by atoms with Gasteiger partial charge in [0, 0.05) is 25.1 Å². The Morgan fingerprint density at radius 1 is 0.902 bits per heavy atom. The van der Waals surface area contributed by atoms with Crippen LogP contribution in [0.3, 0.4) is 0 Å². The summed E-state index contributed by atoms with van der Waals surface area (Å²) in [5, 5.41) is 11.1. The third kappa shape index (κ3) is 6.02. The van der Waals surface area contributed by atoms with Gasteiger partial charge in [-0.2, -0.15) is 0 Å². The Bertz CT molecular complexity index is 1480. The topological polar surface area (TPSA) is 137 Å². The molecule has 1 fully saturated rings. The first-order chi connectivity index (χ1) is 19.9. The van der Waals surface area contributed by atoms with Gasteiger partial charge in [-0.1, -0.05) is 72.8 Å². The minimum Gasteiger partial charge on any atom is -0.350 e. The summed E-state index contributed by atoms with van der Waals surface area (Å²) in [4.78, 5) is 65.0. The minimum absolute atomic E-state index is 0.173. The van der Waals surface area contributed by atoms with E-state index in [0.717, 1.165) is 16.7 Å². The standard InChI is InChI=1S/C31H31N5O5/c1-32-26(20-8-4-2-5-9-20)30(40)35-27(21-10-6-3-7-11-21)29(39)33-17-19-12-13-23-22(16-19)18-36(31(23)41)24-14-15-25(37)34-28(24)38/h2-13,16,24,26-27,32H,14-15,17-18H2,1H3,(H,33,39)(H,35,40)(H,34,37,38)/t24?,26-,27-/m0/s1. The quantitative estimate of drug-likeness (QED) is 0.299. The molecule has 4 N–H and O–H groups in total. The summed E-state index contributed by atoms with van der Waals surface area (Å²) in [6.07, 6.45) is 0.478. The third-order valence-corrected chi connectivity index (χ3v) is 7.42. The highest BCUT2D eigenvalue weighted by Crippen LogP contribution is 2.28. The van der Waals surface area contributed by atoms with Crippen LogP contribution in [0.4, 0.5) is 0 Å². The van der Waals surface area contributed by atoms with E-state index in [4.69, 9.17) is 0 Å². The monoisotopic (exact) mass is 553 g/mol. The van der Waals surface area contributed by atoms with Gasteiger partial charge in [-0.3, -0.25) is 29.3 Å². The van der Waals surface area contributed by atoms with Gasteiger partial charge in [-0.15, -0.1) is 0 Å². The van der Waals surface area contributed by atoms with Crippen molar-refractivity contribution in [3.63, 3.8) is 0 Å². The lowest BCUT2D eigenvalue weighted by Gasteiger charge is -2.29. The number of carbonyl (C=O) groups excluding carboxylic acids is 5. The maximum absolute atomic E-state index is 13.4. The molecule has 10 heteroatoms. The molecule has 5 rings (SSSR count). The molecule has 0 aromatic heterocycles. The van der Waals surface area contributed by atoms with Crippen molar-refractivity contribution in [2.24, 2.45) is 0 Å². The number of nitrogens with one attached hydrogen (secondary N) is 4. The van der Waals surface area contributed by atoms with Crippen molar-refractivity contribution in [2.75, 3.05) is 7.05 Å². The lowest BCUT2D eigenvalue weighted by Crippen LogP contribution is -2.52. The van der Waals surface area contributed by atoms with Crippen LogP contribution >= 0.6 is 0 Å². The molecule has 3 aromatic carbocycles. The predicted molar refractivity (Wildman–Crippen MR) is 150 cm³/mol. The molecule has 5 amide bonds. The number of likely N-dealkylation sites (N-methyl/N-ethyl adjacent to an activating group) is 1. The summed E-state index contributed by atoms with van der Waals surface area (Å²) in [6.45, 7) is 0.419. The second kappa shape index (κ2) is 12.1. The van der Waals surface area contributed by atoms with Gasteiger partial charge in [0.15, 0.2) is 0 Å². The smallest absolute Gasteiger partial charge is 0.255 e. The van der Waals surface area contributed by atoms with Crippen molar-refractivity contribution >= 4 is 29.5 Å². The molecular formula is C31H31N5O5. The van der Waals surface area contributed by atoms with E-state index in [1.807, 2.05) is 42.5 Å². The first kappa shape index (κ1) is 27.7. The zero-order chi connectivity index (χ0) is 28.9. The van der Waals surface area contributed by atoms with Gasteiger partial charge in [0.2, 0.25) is 23.6 Å². The molecule has 0 saturated carbocycles. The van der Waals surface area contributed by atoms with Crippen molar-refractivity contribution in [1.82, 2.24) is 26.2 Å². The fraction of sp³-hybridized carbons (Fsp3) is 0.258. The van der Waals surface area contributed by atoms with E-state index >= 15 is 0 Å². The maximum Gasteiger partial charge on any atom is 0.255 e. The highest BCUT2D eigenvalue weighted by molar-refractivity contribution is 6.05. The molecule has 2 aliphatic heterocycles. The Labute approximate surface area is 237 Å². The van der Waals surface area contributed by atoms with Gasteiger partial charge >= 0.3 is 0 Å². The van der Waals surface area contributed by atoms with E-state index in [-0.39, 0.29) is 43.1 Å². The Kier molecular flexibility index (Phi) is 8.21. The molecule has 3 atom stereocenters. The predicted octanol–water partition coefficient (Wildman–Crippen LogP) is 1.88. The van der Waals surface area contributed by atoms with Gasteiger partial charge in [-0.05, 0) is 41.8 Å². The van der Waals surface area contributed by atoms with Crippen LogP contribution in [0.5, 0.6) is 0 Å². The van der Waals surface area contributed by atoms with E-state index in [2.05, 4.69) is 21.3 Å². The zero-order valence-electron chi connectivity index (χ0n) is 22.6. The van der Waals surface area contributed by atoms with Crippen molar-refractivity contribution in [3.05, 3.63) is 107 Å². The number of nitrogens with zero attached hydrogens (tertiary/aromatic N) is 1. The van der Waals surface area contributed by atoms with Crippen LogP contribution < -0.4 is 21.3 Å². The molecule has 0 bridgehead atoms. The number of rotatable bonds is 9. The lowest BCUT2D eigenvalue weighted by atomic mass is 10.0. The van der Waals surface area contributed by atoms with E-state index in [9.17, 15) is 24.0 Å². The van der Waals surface area contributed by atoms with Crippen molar-refractivity contribution in [3.8, 4) is 0 Å². The minimum atomic E-state index is -0.928. The largest absolute Gasteiger partial charge is 0.350 e. The molecule has 10 nitrogen and oxygen atoms in total. The van der Waals surface area contributed by atoms with Gasteiger partial charge in [0.1, 0.15) is 18.1 Å². The SMILES string of the molecule is CN[C@H](C(=O)N[C@H](C(=O)NCc1ccc2c(c1)CN(C1CCC(=O)NC1=O)C2=O)c1ccccc1)c1ccccc1. The average molecular weight is 554 g/mol. The second-order valence-electron chi connectivity index (χ2n) is 10.1. The molecule has 2 aliphatic rings. The molecule has 0 spiro atoms. The summed E-state index contributed by atoms with van der Waals surface area (Å²) >= 11 is 0. The van der Waals surface area contributed by atoms with Gasteiger partial charge in [0.25, 0.3) is 5.91 Å². The Morgan fingerprint density at radius 2 is 1.56 bits per heavy atom. The van der Waals surface area contributed by atoms with E-state index < -0.39 is 24.0 Å². The number of fused-ring (bicyclic) bond motifs is 1. The van der Waals surface area contributed by atoms with Crippen molar-refractivity contribution in [1.29, 1.82) is 0 Å². The molecule has 1 saturated heterocycles. The number of hydrogen-bond donors (Lipinski definition) is 4. The van der Waals surface area contributed by atoms with Crippen LogP contribution in [0.15, 0.2) is 78.9 Å². The molecule has 210 valence electrons. The average Bonchev–Trinajstić information content (AvgIpc) is 3.31. The number of amides is 5. The molecule has 0 aliphatic carbocycles. The first-order valence-electron chi connectivity index (χ1n) is 13.5. The van der Waals surface area contributed by atoms with Crippen LogP contribution in [0, 0.1) is 0 Å². The number of hydrogen-bond acceptors (Lipinski definition) is 6. The normalized spacial score (nSPS) is 17.8. The number of carbonyl (C=O) groups is 5. The summed E-state index contributed by atoms with van der Waals surface area (Å²) in [5.41, 5.74) is 3.43. The number of piperidine rings is 1. The summed E-state index contributed by atoms with van der Waals surface area (Å²) < 4.78 is 0. The molecule has 2 heterocycles. The highest BCUT2D eigenvalue weighted by atomic mass is 16.2. The van der Waals surface area contributed by atoms with Crippen molar-refractivity contribution in [2.45, 2.75) is 44.1 Å².